The smallest absolute Gasteiger partial charge is 0.389 e. The second-order valence-electron chi connectivity index (χ2n) is 7.67. The molecule has 9 heteroatoms. The fourth-order valence-electron chi connectivity index (χ4n) is 3.51. The fraction of sp³-hybridized carbons (Fsp3) is 0.476. The summed E-state index contributed by atoms with van der Waals surface area (Å²) in [5.41, 5.74) is 3.16. The van der Waals surface area contributed by atoms with Crippen molar-refractivity contribution in [3.8, 4) is 0 Å². The van der Waals surface area contributed by atoms with Crippen LogP contribution in [0.2, 0.25) is 0 Å². The lowest BCUT2D eigenvalue weighted by atomic mass is 10.0. The molecule has 0 saturated heterocycles. The highest BCUT2D eigenvalue weighted by atomic mass is 19.4. The number of nitrogens with zero attached hydrogens (tertiary/aromatic N) is 3. The van der Waals surface area contributed by atoms with Gasteiger partial charge in [0, 0.05) is 42.2 Å². The second kappa shape index (κ2) is 8.59. The van der Waals surface area contributed by atoms with E-state index in [-0.39, 0.29) is 18.4 Å². The maximum absolute atomic E-state index is 12.9. The highest BCUT2D eigenvalue weighted by Crippen LogP contribution is 2.34. The number of carbonyl (C=O) groups is 1. The Balaban J connectivity index is 1.77. The number of halogens is 3. The van der Waals surface area contributed by atoms with Crippen LogP contribution in [-0.4, -0.2) is 44.7 Å². The maximum atomic E-state index is 12.9. The van der Waals surface area contributed by atoms with Crippen LogP contribution in [0.3, 0.4) is 0 Å². The second-order valence-corrected chi connectivity index (χ2v) is 7.67. The molecule has 1 amide bonds. The summed E-state index contributed by atoms with van der Waals surface area (Å²) in [5, 5.41) is 12.6. The van der Waals surface area contributed by atoms with Gasteiger partial charge in [0.2, 0.25) is 0 Å². The molecular formula is C21H25F3N4O2. The van der Waals surface area contributed by atoms with Crippen molar-refractivity contribution in [2.75, 3.05) is 11.9 Å². The molecule has 0 aromatic carbocycles. The van der Waals surface area contributed by atoms with Gasteiger partial charge in [-0.1, -0.05) is 6.07 Å². The minimum absolute atomic E-state index is 0.140. The summed E-state index contributed by atoms with van der Waals surface area (Å²) in [6, 6.07) is 3.16. The average Bonchev–Trinajstić information content (AvgIpc) is 3.01. The Labute approximate surface area is 173 Å². The fourth-order valence-corrected chi connectivity index (χ4v) is 3.51. The number of aromatic nitrogens is 2. The number of carbonyl (C=O) groups excluding carboxylic acids is 1. The van der Waals surface area contributed by atoms with Crippen molar-refractivity contribution < 1.29 is 23.1 Å². The van der Waals surface area contributed by atoms with Crippen LogP contribution in [0.15, 0.2) is 24.5 Å². The Kier molecular flexibility index (Phi) is 6.30. The number of hydrogen-bond acceptors (Lipinski definition) is 5. The third-order valence-corrected chi connectivity index (χ3v) is 5.24. The first-order valence-electron chi connectivity index (χ1n) is 9.79. The maximum Gasteiger partial charge on any atom is 0.389 e. The van der Waals surface area contributed by atoms with Gasteiger partial charge in [-0.3, -0.25) is 9.78 Å². The number of rotatable bonds is 7. The van der Waals surface area contributed by atoms with Crippen LogP contribution < -0.4 is 5.32 Å². The molecule has 0 bridgehead atoms. The monoisotopic (exact) mass is 422 g/mol. The summed E-state index contributed by atoms with van der Waals surface area (Å²) in [6.07, 6.45) is -2.75. The number of hydrogen-bond donors (Lipinski definition) is 2. The van der Waals surface area contributed by atoms with E-state index >= 15 is 0 Å². The van der Waals surface area contributed by atoms with Crippen molar-refractivity contribution in [2.45, 2.75) is 58.5 Å². The van der Waals surface area contributed by atoms with Gasteiger partial charge in [0.05, 0.1) is 18.7 Å². The predicted molar refractivity (Wildman–Crippen MR) is 106 cm³/mol. The van der Waals surface area contributed by atoms with Crippen molar-refractivity contribution in [1.29, 1.82) is 0 Å². The van der Waals surface area contributed by atoms with Gasteiger partial charge in [-0.25, -0.2) is 4.98 Å². The number of anilines is 1. The third-order valence-electron chi connectivity index (χ3n) is 5.24. The molecule has 2 aromatic heterocycles. The van der Waals surface area contributed by atoms with E-state index in [2.05, 4.69) is 15.3 Å². The summed E-state index contributed by atoms with van der Waals surface area (Å²) >= 11 is 0. The minimum Gasteiger partial charge on any atom is -0.392 e. The lowest BCUT2D eigenvalue weighted by molar-refractivity contribution is -0.134. The first-order valence-corrected chi connectivity index (χ1v) is 9.79. The van der Waals surface area contributed by atoms with Crippen molar-refractivity contribution in [2.24, 2.45) is 0 Å². The van der Waals surface area contributed by atoms with Gasteiger partial charge in [-0.05, 0) is 44.4 Å². The number of nitrogens with one attached hydrogen (secondary N) is 1. The largest absolute Gasteiger partial charge is 0.392 e. The van der Waals surface area contributed by atoms with Crippen molar-refractivity contribution in [3.63, 3.8) is 0 Å². The van der Waals surface area contributed by atoms with Gasteiger partial charge in [-0.2, -0.15) is 13.2 Å². The average molecular weight is 422 g/mol. The van der Waals surface area contributed by atoms with Crippen LogP contribution in [0.5, 0.6) is 0 Å². The Morgan fingerprint density at radius 3 is 2.67 bits per heavy atom. The normalized spacial score (nSPS) is 15.8. The van der Waals surface area contributed by atoms with E-state index in [0.29, 0.717) is 35.7 Å². The zero-order valence-electron chi connectivity index (χ0n) is 17.1. The summed E-state index contributed by atoms with van der Waals surface area (Å²) in [7, 11) is 0. The van der Waals surface area contributed by atoms with Crippen LogP contribution in [0.1, 0.15) is 59.1 Å². The molecule has 1 unspecified atom stereocenters. The molecule has 2 N–H and O–H groups in total. The van der Waals surface area contributed by atoms with E-state index < -0.39 is 18.7 Å². The zero-order valence-corrected chi connectivity index (χ0v) is 17.1. The lowest BCUT2D eigenvalue weighted by Gasteiger charge is -2.25. The van der Waals surface area contributed by atoms with Crippen molar-refractivity contribution >= 4 is 11.7 Å². The summed E-state index contributed by atoms with van der Waals surface area (Å²) in [4.78, 5) is 23.1. The number of alkyl halides is 3. The third kappa shape index (κ3) is 4.89. The molecule has 3 rings (SSSR count). The van der Waals surface area contributed by atoms with E-state index in [1.807, 2.05) is 6.92 Å². The Hall–Kier alpha value is -2.68. The van der Waals surface area contributed by atoms with Gasteiger partial charge in [0.15, 0.2) is 0 Å². The highest BCUT2D eigenvalue weighted by Gasteiger charge is 2.34. The van der Waals surface area contributed by atoms with Crippen molar-refractivity contribution in [1.82, 2.24) is 14.9 Å². The van der Waals surface area contributed by atoms with Gasteiger partial charge in [-0.15, -0.1) is 0 Å². The molecule has 0 radical (unpaired) electrons. The number of aliphatic hydroxyl groups excluding tert-OH is 1. The molecule has 162 valence electrons. The Morgan fingerprint density at radius 2 is 2.03 bits per heavy atom. The molecule has 30 heavy (non-hydrogen) atoms. The molecular weight excluding hydrogens is 397 g/mol. The predicted octanol–water partition coefficient (Wildman–Crippen LogP) is 3.79. The van der Waals surface area contributed by atoms with Gasteiger partial charge in [0.1, 0.15) is 5.82 Å². The van der Waals surface area contributed by atoms with E-state index in [9.17, 15) is 23.1 Å². The number of amides is 1. The van der Waals surface area contributed by atoms with Crippen LogP contribution in [0.4, 0.5) is 19.0 Å². The van der Waals surface area contributed by atoms with Gasteiger partial charge >= 0.3 is 6.18 Å². The Morgan fingerprint density at radius 1 is 1.30 bits per heavy atom. The first-order chi connectivity index (χ1) is 14.1. The van der Waals surface area contributed by atoms with Crippen LogP contribution in [-0.2, 0) is 13.0 Å². The summed E-state index contributed by atoms with van der Waals surface area (Å²) in [5.74, 6) is 0.423. The van der Waals surface area contributed by atoms with E-state index in [1.54, 1.807) is 43.3 Å². The molecule has 0 spiro atoms. The topological polar surface area (TPSA) is 78.4 Å². The molecule has 2 aromatic rings. The van der Waals surface area contributed by atoms with E-state index in [0.717, 1.165) is 11.1 Å². The van der Waals surface area contributed by atoms with Crippen LogP contribution in [0, 0.1) is 6.92 Å². The molecule has 3 heterocycles. The van der Waals surface area contributed by atoms with Gasteiger partial charge in [0.25, 0.3) is 5.91 Å². The molecule has 0 saturated carbocycles. The van der Waals surface area contributed by atoms with Crippen molar-refractivity contribution in [3.05, 3.63) is 52.5 Å². The van der Waals surface area contributed by atoms with Crippen LogP contribution in [0.25, 0.3) is 0 Å². The number of aliphatic hydroxyl groups is 1. The lowest BCUT2D eigenvalue weighted by Crippen LogP contribution is -2.27. The quantitative estimate of drug-likeness (QED) is 0.710. The molecule has 0 fully saturated rings. The van der Waals surface area contributed by atoms with E-state index in [4.69, 9.17) is 0 Å². The summed E-state index contributed by atoms with van der Waals surface area (Å²) in [6.45, 7) is 5.92. The minimum atomic E-state index is -4.22. The van der Waals surface area contributed by atoms with E-state index in [1.165, 1.54) is 0 Å². The van der Waals surface area contributed by atoms with Gasteiger partial charge < -0.3 is 15.3 Å². The number of pyridine rings is 2. The standard InChI is InChI=1S/C21H25F3N4O2/c1-12-8-15(10-26-18(12)4-6-21(22,23)24)14(3)28-11-17-16(20(28)30)5-7-25-19(17)27-9-13(2)29/h5,7-8,10,13-14,29H,4,6,9,11H2,1-3H3,(H,25,27)/t13-,14?/m1/s1. The number of fused-ring (bicyclic) bond motifs is 1. The molecule has 1 aliphatic heterocycles. The zero-order chi connectivity index (χ0) is 22.1. The summed E-state index contributed by atoms with van der Waals surface area (Å²) < 4.78 is 37.5. The molecule has 2 atom stereocenters. The molecule has 0 aliphatic carbocycles. The number of aryl methyl sites for hydroxylation is 2. The first kappa shape index (κ1) is 22.0. The molecule has 6 nitrogen and oxygen atoms in total. The Bertz CT molecular complexity index is 931. The SMILES string of the molecule is Cc1cc(C(C)N2Cc3c(ccnc3NC[C@@H](C)O)C2=O)cnc1CCC(F)(F)F. The molecule has 1 aliphatic rings. The highest BCUT2D eigenvalue weighted by molar-refractivity contribution is 5.99. The van der Waals surface area contributed by atoms with Crippen LogP contribution >= 0.6 is 0 Å².